The number of hydrogen-bond acceptors (Lipinski definition) is 4. The average molecular weight is 228 g/mol. The fourth-order valence-corrected chi connectivity index (χ4v) is 2.52. The van der Waals surface area contributed by atoms with E-state index in [1.54, 1.807) is 0 Å². The molecule has 1 atom stereocenters. The molecule has 1 unspecified atom stereocenters. The Bertz CT molecular complexity index is 187. The summed E-state index contributed by atoms with van der Waals surface area (Å²) in [6.07, 6.45) is 3.23. The fourth-order valence-electron chi connectivity index (χ4n) is 2.52. The highest BCUT2D eigenvalue weighted by Crippen LogP contribution is 2.14. The van der Waals surface area contributed by atoms with E-state index in [-0.39, 0.29) is 0 Å². The Morgan fingerprint density at radius 3 is 2.81 bits per heavy atom. The summed E-state index contributed by atoms with van der Waals surface area (Å²) < 4.78 is 11.4. The van der Waals surface area contributed by atoms with Crippen molar-refractivity contribution in [3.63, 3.8) is 0 Å². The van der Waals surface area contributed by atoms with Gasteiger partial charge in [0.1, 0.15) is 0 Å². The van der Waals surface area contributed by atoms with E-state index in [9.17, 15) is 0 Å². The Morgan fingerprint density at radius 2 is 2.19 bits per heavy atom. The zero-order chi connectivity index (χ0) is 11.2. The second-order valence-electron chi connectivity index (χ2n) is 4.65. The minimum Gasteiger partial charge on any atom is -0.378 e. The van der Waals surface area contributed by atoms with Crippen LogP contribution in [0.15, 0.2) is 0 Å². The summed E-state index contributed by atoms with van der Waals surface area (Å²) in [5, 5.41) is 3.38. The maximum absolute atomic E-state index is 5.72. The van der Waals surface area contributed by atoms with Crippen LogP contribution < -0.4 is 5.32 Å². The van der Waals surface area contributed by atoms with Crippen LogP contribution in [0.2, 0.25) is 0 Å². The van der Waals surface area contributed by atoms with Gasteiger partial charge in [0, 0.05) is 39.3 Å². The summed E-state index contributed by atoms with van der Waals surface area (Å²) >= 11 is 0. The van der Waals surface area contributed by atoms with Gasteiger partial charge < -0.3 is 19.7 Å². The largest absolute Gasteiger partial charge is 0.378 e. The van der Waals surface area contributed by atoms with Gasteiger partial charge in [-0.25, -0.2) is 0 Å². The van der Waals surface area contributed by atoms with E-state index in [4.69, 9.17) is 9.47 Å². The van der Waals surface area contributed by atoms with E-state index in [2.05, 4.69) is 17.1 Å². The normalized spacial score (nSPS) is 29.4. The van der Waals surface area contributed by atoms with Crippen LogP contribution in [0.5, 0.6) is 0 Å². The Morgan fingerprint density at radius 1 is 1.38 bits per heavy atom. The number of ether oxygens (including phenoxy) is 2. The van der Waals surface area contributed by atoms with Crippen molar-refractivity contribution in [2.24, 2.45) is 0 Å². The molecule has 4 heteroatoms. The van der Waals surface area contributed by atoms with Gasteiger partial charge >= 0.3 is 0 Å². The monoisotopic (exact) mass is 228 g/mol. The van der Waals surface area contributed by atoms with E-state index < -0.39 is 0 Å². The standard InChI is InChI=1S/C12H24N2O2/c1-2-15-11-3-6-14(7-4-11)10-12-9-13-5-8-16-12/h11-13H,2-10H2,1H3. The molecule has 2 fully saturated rings. The van der Waals surface area contributed by atoms with Crippen LogP contribution in [0.25, 0.3) is 0 Å². The summed E-state index contributed by atoms with van der Waals surface area (Å²) in [4.78, 5) is 2.51. The first kappa shape index (κ1) is 12.3. The number of likely N-dealkylation sites (tertiary alicyclic amines) is 1. The molecule has 0 aromatic carbocycles. The van der Waals surface area contributed by atoms with Crippen LogP contribution in [-0.2, 0) is 9.47 Å². The van der Waals surface area contributed by atoms with Gasteiger partial charge in [0.2, 0.25) is 0 Å². The molecule has 4 nitrogen and oxygen atoms in total. The predicted octanol–water partition coefficient (Wildman–Crippen LogP) is 0.476. The van der Waals surface area contributed by atoms with Crippen molar-refractivity contribution in [3.05, 3.63) is 0 Å². The van der Waals surface area contributed by atoms with Gasteiger partial charge in [-0.3, -0.25) is 0 Å². The Labute approximate surface area is 98.3 Å². The summed E-state index contributed by atoms with van der Waals surface area (Å²) in [7, 11) is 0. The smallest absolute Gasteiger partial charge is 0.0826 e. The number of nitrogens with one attached hydrogen (secondary N) is 1. The van der Waals surface area contributed by atoms with Crippen molar-refractivity contribution < 1.29 is 9.47 Å². The van der Waals surface area contributed by atoms with Gasteiger partial charge in [-0.2, -0.15) is 0 Å². The zero-order valence-electron chi connectivity index (χ0n) is 10.3. The second-order valence-corrected chi connectivity index (χ2v) is 4.65. The summed E-state index contributed by atoms with van der Waals surface area (Å²) in [6, 6.07) is 0. The molecule has 1 N–H and O–H groups in total. The SMILES string of the molecule is CCOC1CCN(CC2CNCCO2)CC1. The number of hydrogen-bond donors (Lipinski definition) is 1. The third kappa shape index (κ3) is 3.70. The van der Waals surface area contributed by atoms with Gasteiger partial charge in [-0.1, -0.05) is 0 Å². The zero-order valence-corrected chi connectivity index (χ0v) is 10.3. The Balaban J connectivity index is 1.64. The first-order valence-electron chi connectivity index (χ1n) is 6.54. The fraction of sp³-hybridized carbons (Fsp3) is 1.00. The van der Waals surface area contributed by atoms with Crippen LogP contribution in [0.1, 0.15) is 19.8 Å². The van der Waals surface area contributed by atoms with E-state index in [0.29, 0.717) is 12.2 Å². The van der Waals surface area contributed by atoms with Gasteiger partial charge in [0.05, 0.1) is 18.8 Å². The van der Waals surface area contributed by atoms with Crippen LogP contribution in [0, 0.1) is 0 Å². The first-order valence-corrected chi connectivity index (χ1v) is 6.54. The maximum Gasteiger partial charge on any atom is 0.0826 e. The van der Waals surface area contributed by atoms with E-state index in [1.807, 2.05) is 0 Å². The van der Waals surface area contributed by atoms with Gasteiger partial charge in [-0.15, -0.1) is 0 Å². The van der Waals surface area contributed by atoms with Crippen molar-refractivity contribution in [1.82, 2.24) is 10.2 Å². The second kappa shape index (κ2) is 6.55. The van der Waals surface area contributed by atoms with E-state index in [0.717, 1.165) is 45.9 Å². The average Bonchev–Trinajstić information content (AvgIpc) is 2.33. The molecule has 0 radical (unpaired) electrons. The molecule has 2 rings (SSSR count). The topological polar surface area (TPSA) is 33.7 Å². The van der Waals surface area contributed by atoms with Crippen molar-refractivity contribution in [3.8, 4) is 0 Å². The molecule has 0 aromatic heterocycles. The molecular formula is C12H24N2O2. The summed E-state index contributed by atoms with van der Waals surface area (Å²) in [6.45, 7) is 9.18. The van der Waals surface area contributed by atoms with Gasteiger partial charge in [0.15, 0.2) is 0 Å². The molecule has 0 amide bonds. The quantitative estimate of drug-likeness (QED) is 0.758. The number of piperidine rings is 1. The molecule has 2 aliphatic rings. The summed E-state index contributed by atoms with van der Waals surface area (Å²) in [5.74, 6) is 0. The van der Waals surface area contributed by atoms with Crippen molar-refractivity contribution in [2.45, 2.75) is 32.0 Å². The van der Waals surface area contributed by atoms with E-state index in [1.165, 1.54) is 12.8 Å². The molecule has 0 aliphatic carbocycles. The third-order valence-electron chi connectivity index (χ3n) is 3.40. The molecule has 0 saturated carbocycles. The molecule has 2 aliphatic heterocycles. The lowest BCUT2D eigenvalue weighted by atomic mass is 10.1. The first-order chi connectivity index (χ1) is 7.88. The van der Waals surface area contributed by atoms with Gasteiger partial charge in [-0.05, 0) is 19.8 Å². The van der Waals surface area contributed by atoms with E-state index >= 15 is 0 Å². The minimum atomic E-state index is 0.386. The molecule has 2 heterocycles. The van der Waals surface area contributed by atoms with Crippen LogP contribution in [-0.4, -0.2) is 63.0 Å². The highest BCUT2D eigenvalue weighted by Gasteiger charge is 2.22. The molecule has 2 saturated heterocycles. The molecule has 0 aromatic rings. The Hall–Kier alpha value is -0.160. The van der Waals surface area contributed by atoms with Crippen LogP contribution in [0.3, 0.4) is 0 Å². The number of rotatable bonds is 4. The van der Waals surface area contributed by atoms with Crippen LogP contribution >= 0.6 is 0 Å². The minimum absolute atomic E-state index is 0.386. The van der Waals surface area contributed by atoms with Crippen molar-refractivity contribution in [2.75, 3.05) is 45.9 Å². The molecule has 94 valence electrons. The predicted molar refractivity (Wildman–Crippen MR) is 63.7 cm³/mol. The number of nitrogens with zero attached hydrogens (tertiary/aromatic N) is 1. The highest BCUT2D eigenvalue weighted by molar-refractivity contribution is 4.77. The molecular weight excluding hydrogens is 204 g/mol. The highest BCUT2D eigenvalue weighted by atomic mass is 16.5. The van der Waals surface area contributed by atoms with Crippen LogP contribution in [0.4, 0.5) is 0 Å². The molecule has 16 heavy (non-hydrogen) atoms. The number of morpholine rings is 1. The molecule has 0 spiro atoms. The summed E-state index contributed by atoms with van der Waals surface area (Å²) in [5.41, 5.74) is 0. The lowest BCUT2D eigenvalue weighted by molar-refractivity contribution is -0.0218. The Kier molecular flexibility index (Phi) is 5.03. The van der Waals surface area contributed by atoms with Crippen molar-refractivity contribution in [1.29, 1.82) is 0 Å². The third-order valence-corrected chi connectivity index (χ3v) is 3.40. The van der Waals surface area contributed by atoms with Gasteiger partial charge in [0.25, 0.3) is 0 Å². The molecule has 0 bridgehead atoms. The lowest BCUT2D eigenvalue weighted by Gasteiger charge is -2.35. The maximum atomic E-state index is 5.72. The lowest BCUT2D eigenvalue weighted by Crippen LogP contribution is -2.47. The van der Waals surface area contributed by atoms with Crippen molar-refractivity contribution >= 4 is 0 Å².